The molecule has 1 aromatic carbocycles. The number of rotatable bonds is 7. The van der Waals surface area contributed by atoms with Gasteiger partial charge in [0.1, 0.15) is 0 Å². The summed E-state index contributed by atoms with van der Waals surface area (Å²) in [6.07, 6.45) is 3.70. The van der Waals surface area contributed by atoms with E-state index in [-0.39, 0.29) is 17.7 Å². The summed E-state index contributed by atoms with van der Waals surface area (Å²) >= 11 is 0. The second kappa shape index (κ2) is 9.17. The van der Waals surface area contributed by atoms with Crippen LogP contribution < -0.4 is 16.0 Å². The molecule has 7 nitrogen and oxygen atoms in total. The van der Waals surface area contributed by atoms with Crippen molar-refractivity contribution in [3.63, 3.8) is 0 Å². The number of carbonyl (C=O) groups excluding carboxylic acids is 3. The van der Waals surface area contributed by atoms with Gasteiger partial charge in [-0.3, -0.25) is 19.4 Å². The lowest BCUT2D eigenvalue weighted by atomic mass is 10.2. The lowest BCUT2D eigenvalue weighted by molar-refractivity contribution is -0.114. The average molecular weight is 340 g/mol. The fraction of sp³-hybridized carbons (Fsp3) is 0.222. The van der Waals surface area contributed by atoms with Crippen LogP contribution in [0, 0.1) is 0 Å². The maximum Gasteiger partial charge on any atom is 0.252 e. The predicted molar refractivity (Wildman–Crippen MR) is 94.3 cm³/mol. The molecule has 2 aromatic rings. The molecule has 1 aromatic heterocycles. The molecule has 3 amide bonds. The summed E-state index contributed by atoms with van der Waals surface area (Å²) in [5.74, 6) is -0.616. The zero-order valence-corrected chi connectivity index (χ0v) is 13.9. The summed E-state index contributed by atoms with van der Waals surface area (Å²) in [4.78, 5) is 38.8. The molecule has 0 radical (unpaired) electrons. The van der Waals surface area contributed by atoms with Gasteiger partial charge < -0.3 is 16.0 Å². The molecule has 0 fully saturated rings. The number of anilines is 1. The first-order chi connectivity index (χ1) is 12.1. The van der Waals surface area contributed by atoms with Crippen molar-refractivity contribution in [2.24, 2.45) is 0 Å². The number of nitrogens with one attached hydrogen (secondary N) is 3. The molecule has 1 heterocycles. The molecular weight excluding hydrogens is 320 g/mol. The van der Waals surface area contributed by atoms with E-state index in [1.54, 1.807) is 42.6 Å². The van der Waals surface area contributed by atoms with Crippen molar-refractivity contribution in [1.82, 2.24) is 15.6 Å². The van der Waals surface area contributed by atoms with E-state index in [0.29, 0.717) is 36.3 Å². The van der Waals surface area contributed by atoms with Crippen molar-refractivity contribution in [2.75, 3.05) is 18.4 Å². The minimum Gasteiger partial charge on any atom is -0.352 e. The van der Waals surface area contributed by atoms with Crippen LogP contribution in [-0.4, -0.2) is 35.8 Å². The predicted octanol–water partition coefficient (Wildman–Crippen LogP) is 1.59. The highest BCUT2D eigenvalue weighted by atomic mass is 16.2. The van der Waals surface area contributed by atoms with E-state index in [1.807, 2.05) is 0 Å². The Morgan fingerprint density at radius 1 is 0.960 bits per heavy atom. The van der Waals surface area contributed by atoms with Gasteiger partial charge in [-0.2, -0.15) is 0 Å². The van der Waals surface area contributed by atoms with Gasteiger partial charge in [0.2, 0.25) is 5.91 Å². The molecule has 7 heteroatoms. The number of hydrogen-bond donors (Lipinski definition) is 3. The van der Waals surface area contributed by atoms with Gasteiger partial charge in [-0.05, 0) is 36.8 Å². The van der Waals surface area contributed by atoms with E-state index >= 15 is 0 Å². The van der Waals surface area contributed by atoms with Crippen LogP contribution in [0.5, 0.6) is 0 Å². The van der Waals surface area contributed by atoms with Crippen molar-refractivity contribution in [3.8, 4) is 0 Å². The molecular formula is C18H20N4O3. The van der Waals surface area contributed by atoms with Gasteiger partial charge >= 0.3 is 0 Å². The summed E-state index contributed by atoms with van der Waals surface area (Å²) in [6.45, 7) is 2.28. The highest BCUT2D eigenvalue weighted by Gasteiger charge is 2.07. The number of aromatic nitrogens is 1. The Kier molecular flexibility index (Phi) is 6.65. The number of amides is 3. The standard InChI is InChI=1S/C18H20N4O3/c1-13(23)22-16-7-2-5-14(11-16)17(24)20-9-4-10-21-18(25)15-6-3-8-19-12-15/h2-3,5-8,11-12H,4,9-10H2,1H3,(H,20,24)(H,21,25)(H,22,23). The minimum absolute atomic E-state index is 0.192. The SMILES string of the molecule is CC(=O)Nc1cccc(C(=O)NCCCNC(=O)c2cccnc2)c1. The van der Waals surface area contributed by atoms with Crippen LogP contribution in [0.4, 0.5) is 5.69 Å². The van der Waals surface area contributed by atoms with Gasteiger partial charge in [-0.15, -0.1) is 0 Å². The maximum absolute atomic E-state index is 12.1. The van der Waals surface area contributed by atoms with Gasteiger partial charge in [0, 0.05) is 43.7 Å². The van der Waals surface area contributed by atoms with Crippen LogP contribution in [0.15, 0.2) is 48.8 Å². The van der Waals surface area contributed by atoms with Crippen molar-refractivity contribution in [3.05, 3.63) is 59.9 Å². The lowest BCUT2D eigenvalue weighted by Crippen LogP contribution is -2.30. The van der Waals surface area contributed by atoms with Crippen LogP contribution >= 0.6 is 0 Å². The minimum atomic E-state index is -0.231. The fourth-order valence-corrected chi connectivity index (χ4v) is 2.13. The molecule has 0 unspecified atom stereocenters. The normalized spacial score (nSPS) is 9.96. The number of pyridine rings is 1. The summed E-state index contributed by atoms with van der Waals surface area (Å²) < 4.78 is 0. The largest absolute Gasteiger partial charge is 0.352 e. The van der Waals surface area contributed by atoms with E-state index < -0.39 is 0 Å². The highest BCUT2D eigenvalue weighted by molar-refractivity contribution is 5.96. The summed E-state index contributed by atoms with van der Waals surface area (Å²) in [5, 5.41) is 8.18. The van der Waals surface area contributed by atoms with E-state index in [0.717, 1.165) is 0 Å². The highest BCUT2D eigenvalue weighted by Crippen LogP contribution is 2.10. The smallest absolute Gasteiger partial charge is 0.252 e. The van der Waals surface area contributed by atoms with Crippen LogP contribution in [0.3, 0.4) is 0 Å². The molecule has 0 saturated heterocycles. The van der Waals surface area contributed by atoms with E-state index in [9.17, 15) is 14.4 Å². The number of carbonyl (C=O) groups is 3. The Labute approximate surface area is 145 Å². The van der Waals surface area contributed by atoms with Crippen molar-refractivity contribution >= 4 is 23.4 Å². The first kappa shape index (κ1) is 18.1. The van der Waals surface area contributed by atoms with Crippen molar-refractivity contribution in [2.45, 2.75) is 13.3 Å². The fourth-order valence-electron chi connectivity index (χ4n) is 2.13. The van der Waals surface area contributed by atoms with Crippen LogP contribution in [0.25, 0.3) is 0 Å². The van der Waals surface area contributed by atoms with E-state index in [2.05, 4.69) is 20.9 Å². The molecule has 0 atom stereocenters. The van der Waals surface area contributed by atoms with Gasteiger partial charge in [0.15, 0.2) is 0 Å². The molecule has 0 spiro atoms. The molecule has 2 rings (SSSR count). The molecule has 0 aliphatic heterocycles. The number of nitrogens with zero attached hydrogens (tertiary/aromatic N) is 1. The number of benzene rings is 1. The van der Waals surface area contributed by atoms with Crippen molar-refractivity contribution in [1.29, 1.82) is 0 Å². The Hall–Kier alpha value is -3.22. The Bertz CT molecular complexity index is 747. The third-order valence-corrected chi connectivity index (χ3v) is 3.29. The number of hydrogen-bond acceptors (Lipinski definition) is 4. The molecule has 0 aliphatic carbocycles. The second-order valence-corrected chi connectivity index (χ2v) is 5.37. The zero-order valence-electron chi connectivity index (χ0n) is 13.9. The zero-order chi connectivity index (χ0) is 18.1. The van der Waals surface area contributed by atoms with Crippen LogP contribution in [-0.2, 0) is 4.79 Å². The molecule has 25 heavy (non-hydrogen) atoms. The monoisotopic (exact) mass is 340 g/mol. The van der Waals surface area contributed by atoms with Crippen LogP contribution in [0.1, 0.15) is 34.1 Å². The molecule has 3 N–H and O–H groups in total. The quantitative estimate of drug-likeness (QED) is 0.666. The van der Waals surface area contributed by atoms with E-state index in [1.165, 1.54) is 13.1 Å². The summed E-state index contributed by atoms with van der Waals surface area (Å²) in [7, 11) is 0. The summed E-state index contributed by atoms with van der Waals surface area (Å²) in [6, 6.07) is 10.1. The summed E-state index contributed by atoms with van der Waals surface area (Å²) in [5.41, 5.74) is 1.54. The topological polar surface area (TPSA) is 100 Å². The van der Waals surface area contributed by atoms with E-state index in [4.69, 9.17) is 0 Å². The molecule has 130 valence electrons. The Morgan fingerprint density at radius 2 is 1.64 bits per heavy atom. The molecule has 0 bridgehead atoms. The first-order valence-corrected chi connectivity index (χ1v) is 7.90. The van der Waals surface area contributed by atoms with Gasteiger partial charge in [-0.1, -0.05) is 6.07 Å². The maximum atomic E-state index is 12.1. The molecule has 0 aliphatic rings. The Morgan fingerprint density at radius 3 is 2.28 bits per heavy atom. The Balaban J connectivity index is 1.72. The van der Waals surface area contributed by atoms with Crippen molar-refractivity contribution < 1.29 is 14.4 Å². The third kappa shape index (κ3) is 6.06. The molecule has 0 saturated carbocycles. The van der Waals surface area contributed by atoms with Gasteiger partial charge in [-0.25, -0.2) is 0 Å². The first-order valence-electron chi connectivity index (χ1n) is 7.90. The second-order valence-electron chi connectivity index (χ2n) is 5.37. The third-order valence-electron chi connectivity index (χ3n) is 3.29. The average Bonchev–Trinajstić information content (AvgIpc) is 2.61. The van der Waals surface area contributed by atoms with Crippen LogP contribution in [0.2, 0.25) is 0 Å². The lowest BCUT2D eigenvalue weighted by Gasteiger charge is -2.08. The van der Waals surface area contributed by atoms with Gasteiger partial charge in [0.25, 0.3) is 11.8 Å². The van der Waals surface area contributed by atoms with Gasteiger partial charge in [0.05, 0.1) is 5.56 Å².